The molecule has 0 radical (unpaired) electrons. The number of carbonyl (C=O) groups is 1. The number of rotatable bonds is 4. The fourth-order valence-corrected chi connectivity index (χ4v) is 2.56. The largest absolute Gasteiger partial charge is 0.293 e. The number of H-pyrrole nitrogens is 1. The topological polar surface area (TPSA) is 105 Å². The second-order valence-corrected chi connectivity index (χ2v) is 5.13. The molecular formula is C15H11N4OS+. The van der Waals surface area contributed by atoms with Gasteiger partial charge < -0.3 is 0 Å². The van der Waals surface area contributed by atoms with Crippen LogP contribution in [-0.2, 0) is 0 Å². The molecule has 0 unspecified atom stereocenters. The van der Waals surface area contributed by atoms with Crippen molar-refractivity contribution in [2.24, 2.45) is 0 Å². The first-order valence-electron chi connectivity index (χ1n) is 6.02. The van der Waals surface area contributed by atoms with E-state index in [0.29, 0.717) is 16.2 Å². The number of anilines is 1. The molecule has 3 N–H and O–H groups in total. The summed E-state index contributed by atoms with van der Waals surface area (Å²) < 4.78 is 0. The lowest BCUT2D eigenvalue weighted by atomic mass is 10.2. The second-order valence-electron chi connectivity index (χ2n) is 4.14. The van der Waals surface area contributed by atoms with E-state index in [1.807, 2.05) is 18.2 Å². The molecule has 2 aromatic rings. The number of Topliss-reactive ketones (excluding diaryl/α,β-unsaturated/α-hetero) is 1. The van der Waals surface area contributed by atoms with Crippen molar-refractivity contribution in [1.82, 2.24) is 0 Å². The molecule has 0 fully saturated rings. The van der Waals surface area contributed by atoms with Crippen LogP contribution in [0.1, 0.15) is 21.5 Å². The van der Waals surface area contributed by atoms with Gasteiger partial charge in [0, 0.05) is 5.56 Å². The molecule has 102 valence electrons. The average molecular weight is 295 g/mol. The number of benzene rings is 1. The highest BCUT2D eigenvalue weighted by Gasteiger charge is 2.16. The molecule has 0 bridgehead atoms. The molecule has 21 heavy (non-hydrogen) atoms. The van der Waals surface area contributed by atoms with Crippen molar-refractivity contribution in [2.75, 3.05) is 11.5 Å². The Labute approximate surface area is 126 Å². The van der Waals surface area contributed by atoms with Crippen LogP contribution in [0.2, 0.25) is 0 Å². The van der Waals surface area contributed by atoms with Gasteiger partial charge in [-0.15, -0.1) is 0 Å². The molecule has 1 aromatic carbocycles. The lowest BCUT2D eigenvalue weighted by Gasteiger charge is -2.02. The van der Waals surface area contributed by atoms with Crippen LogP contribution in [0.4, 0.5) is 5.82 Å². The maximum absolute atomic E-state index is 12.0. The molecule has 0 spiro atoms. The summed E-state index contributed by atoms with van der Waals surface area (Å²) in [6.07, 6.45) is 0. The first-order valence-corrected chi connectivity index (χ1v) is 7.01. The van der Waals surface area contributed by atoms with Crippen LogP contribution >= 0.6 is 11.8 Å². The maximum atomic E-state index is 12.0. The van der Waals surface area contributed by atoms with E-state index in [4.69, 9.17) is 16.3 Å². The third-order valence-electron chi connectivity index (χ3n) is 2.76. The van der Waals surface area contributed by atoms with Crippen molar-refractivity contribution in [3.63, 3.8) is 0 Å². The van der Waals surface area contributed by atoms with Crippen LogP contribution in [0.15, 0.2) is 41.4 Å². The SMILES string of the molecule is N#Cc1cc(C#N)c(SCC(=O)c2ccccc2)[nH+]c1N. The van der Waals surface area contributed by atoms with E-state index in [1.165, 1.54) is 17.8 Å². The van der Waals surface area contributed by atoms with Gasteiger partial charge in [0.1, 0.15) is 23.3 Å². The van der Waals surface area contributed by atoms with Crippen molar-refractivity contribution >= 4 is 23.4 Å². The van der Waals surface area contributed by atoms with E-state index in [2.05, 4.69) is 4.98 Å². The minimum atomic E-state index is -0.0409. The number of nitriles is 2. The first-order chi connectivity index (χ1) is 10.2. The van der Waals surface area contributed by atoms with Crippen LogP contribution in [0.5, 0.6) is 0 Å². The van der Waals surface area contributed by atoms with Crippen LogP contribution in [0, 0.1) is 22.7 Å². The quantitative estimate of drug-likeness (QED) is 0.684. The Balaban J connectivity index is 2.18. The van der Waals surface area contributed by atoms with Gasteiger partial charge in [-0.05, 0) is 6.07 Å². The average Bonchev–Trinajstić information content (AvgIpc) is 2.53. The summed E-state index contributed by atoms with van der Waals surface area (Å²) in [5, 5.41) is 18.5. The van der Waals surface area contributed by atoms with Crippen molar-refractivity contribution in [2.45, 2.75) is 5.03 Å². The third kappa shape index (κ3) is 3.38. The lowest BCUT2D eigenvalue weighted by molar-refractivity contribution is -0.410. The molecule has 0 aliphatic rings. The normalized spacial score (nSPS) is 9.62. The van der Waals surface area contributed by atoms with E-state index >= 15 is 0 Å². The molecule has 0 saturated heterocycles. The number of hydrogen-bond acceptors (Lipinski definition) is 5. The first kappa shape index (κ1) is 14.6. The number of carbonyl (C=O) groups excluding carboxylic acids is 1. The number of nitrogen functional groups attached to an aromatic ring is 1. The van der Waals surface area contributed by atoms with Crippen molar-refractivity contribution in [3.05, 3.63) is 53.1 Å². The maximum Gasteiger partial charge on any atom is 0.289 e. The summed E-state index contributed by atoms with van der Waals surface area (Å²) in [7, 11) is 0. The van der Waals surface area contributed by atoms with Gasteiger partial charge in [-0.3, -0.25) is 10.5 Å². The Morgan fingerprint density at radius 1 is 1.19 bits per heavy atom. The van der Waals surface area contributed by atoms with E-state index < -0.39 is 0 Å². The summed E-state index contributed by atoms with van der Waals surface area (Å²) in [5.74, 6) is 0.326. The molecule has 5 nitrogen and oxygen atoms in total. The predicted molar refractivity (Wildman–Crippen MR) is 78.3 cm³/mol. The fraction of sp³-hybridized carbons (Fsp3) is 0.0667. The molecule has 0 aliphatic carbocycles. The van der Waals surface area contributed by atoms with Crippen LogP contribution < -0.4 is 10.7 Å². The van der Waals surface area contributed by atoms with E-state index in [9.17, 15) is 4.79 Å². The van der Waals surface area contributed by atoms with Gasteiger partial charge in [-0.1, -0.05) is 42.1 Å². The lowest BCUT2D eigenvalue weighted by Crippen LogP contribution is -2.17. The van der Waals surface area contributed by atoms with E-state index in [1.54, 1.807) is 24.3 Å². The van der Waals surface area contributed by atoms with Crippen LogP contribution in [0.3, 0.4) is 0 Å². The highest BCUT2D eigenvalue weighted by atomic mass is 32.2. The number of nitrogens with two attached hydrogens (primary N) is 1. The number of hydrogen-bond donors (Lipinski definition) is 1. The molecule has 0 saturated carbocycles. The smallest absolute Gasteiger partial charge is 0.289 e. The zero-order valence-corrected chi connectivity index (χ0v) is 11.8. The van der Waals surface area contributed by atoms with Crippen molar-refractivity contribution < 1.29 is 9.78 Å². The molecule has 6 heteroatoms. The Hall–Kier alpha value is -2.83. The Morgan fingerprint density at radius 2 is 1.86 bits per heavy atom. The summed E-state index contributed by atoms with van der Waals surface area (Å²) in [6.45, 7) is 0. The van der Waals surface area contributed by atoms with Gasteiger partial charge in [-0.25, -0.2) is 4.98 Å². The van der Waals surface area contributed by atoms with Gasteiger partial charge in [0.2, 0.25) is 0 Å². The minimum absolute atomic E-state index is 0.0409. The molecular weight excluding hydrogens is 284 g/mol. The second kappa shape index (κ2) is 6.56. The van der Waals surface area contributed by atoms with Gasteiger partial charge in [0.05, 0.1) is 5.75 Å². The Kier molecular flexibility index (Phi) is 4.55. The monoisotopic (exact) mass is 295 g/mol. The molecule has 0 aliphatic heterocycles. The number of nitrogens with zero attached hydrogens (tertiary/aromatic N) is 2. The number of ketones is 1. The summed E-state index contributed by atoms with van der Waals surface area (Å²) >= 11 is 1.19. The summed E-state index contributed by atoms with van der Waals surface area (Å²) in [6, 6.07) is 14.2. The summed E-state index contributed by atoms with van der Waals surface area (Å²) in [5.41, 5.74) is 6.81. The number of nitrogens with one attached hydrogen (secondary N) is 1. The zero-order valence-electron chi connectivity index (χ0n) is 11.0. The number of aromatic nitrogens is 1. The third-order valence-corrected chi connectivity index (χ3v) is 3.77. The highest BCUT2D eigenvalue weighted by Crippen LogP contribution is 2.21. The Morgan fingerprint density at radius 3 is 2.48 bits per heavy atom. The van der Waals surface area contributed by atoms with Crippen LogP contribution in [0.25, 0.3) is 0 Å². The van der Waals surface area contributed by atoms with Gasteiger partial charge in [0.25, 0.3) is 5.82 Å². The minimum Gasteiger partial charge on any atom is -0.293 e. The van der Waals surface area contributed by atoms with Crippen LogP contribution in [-0.4, -0.2) is 11.5 Å². The molecule has 1 heterocycles. The molecule has 1 aromatic heterocycles. The van der Waals surface area contributed by atoms with Crippen molar-refractivity contribution in [3.8, 4) is 12.1 Å². The number of pyridine rings is 1. The van der Waals surface area contributed by atoms with E-state index in [-0.39, 0.29) is 22.9 Å². The highest BCUT2D eigenvalue weighted by molar-refractivity contribution is 7.99. The molecule has 0 amide bonds. The van der Waals surface area contributed by atoms with Gasteiger partial charge >= 0.3 is 0 Å². The van der Waals surface area contributed by atoms with E-state index in [0.717, 1.165) is 0 Å². The number of thioether (sulfide) groups is 1. The number of aromatic amines is 1. The zero-order chi connectivity index (χ0) is 15.2. The standard InChI is InChI=1S/C15H10N4OS/c16-7-11-6-12(8-17)15(19-14(11)18)21-9-13(20)10-4-2-1-3-5-10/h1-6H,9H2,(H2,18,19)/p+1. The van der Waals surface area contributed by atoms with Gasteiger partial charge in [-0.2, -0.15) is 10.5 Å². The molecule has 2 rings (SSSR count). The van der Waals surface area contributed by atoms with Crippen molar-refractivity contribution in [1.29, 1.82) is 10.5 Å². The molecule has 0 atom stereocenters. The fourth-order valence-electron chi connectivity index (χ4n) is 1.68. The summed E-state index contributed by atoms with van der Waals surface area (Å²) in [4.78, 5) is 14.8. The predicted octanol–water partition coefficient (Wildman–Crippen LogP) is 1.80. The van der Waals surface area contributed by atoms with Gasteiger partial charge in [0.15, 0.2) is 10.8 Å². The Bertz CT molecular complexity index is 760.